The number of benzene rings is 1. The van der Waals surface area contributed by atoms with E-state index in [1.165, 1.54) is 0 Å². The van der Waals surface area contributed by atoms with Gasteiger partial charge in [-0.2, -0.15) is 0 Å². The topological polar surface area (TPSA) is 61.8 Å². The lowest BCUT2D eigenvalue weighted by Crippen LogP contribution is -2.32. The number of rotatable bonds is 5. The average molecular weight is 313 g/mol. The summed E-state index contributed by atoms with van der Waals surface area (Å²) >= 11 is 6.05. The van der Waals surface area contributed by atoms with E-state index >= 15 is 0 Å². The van der Waals surface area contributed by atoms with E-state index in [0.717, 1.165) is 25.1 Å². The van der Waals surface area contributed by atoms with Gasteiger partial charge in [0.05, 0.1) is 19.3 Å². The zero-order valence-corrected chi connectivity index (χ0v) is 13.1. The molecule has 0 aromatic heterocycles. The fraction of sp³-hybridized carbons (Fsp3) is 0.533. The Kier molecular flexibility index (Phi) is 5.45. The monoisotopic (exact) mass is 312 g/mol. The van der Waals surface area contributed by atoms with Gasteiger partial charge in [0.15, 0.2) is 0 Å². The highest BCUT2D eigenvalue weighted by atomic mass is 35.5. The van der Waals surface area contributed by atoms with Crippen LogP contribution < -0.4 is 10.1 Å². The van der Waals surface area contributed by atoms with Crippen LogP contribution in [0.25, 0.3) is 0 Å². The van der Waals surface area contributed by atoms with Gasteiger partial charge in [-0.25, -0.2) is 0 Å². The minimum absolute atomic E-state index is 0.0892. The van der Waals surface area contributed by atoms with Crippen LogP contribution >= 0.6 is 11.6 Å². The number of anilines is 1. The predicted molar refractivity (Wildman–Crippen MR) is 83.0 cm³/mol. The minimum Gasteiger partial charge on any atom is -0.495 e. The van der Waals surface area contributed by atoms with Crippen LogP contribution in [0.1, 0.15) is 12.0 Å². The summed E-state index contributed by atoms with van der Waals surface area (Å²) < 4.78 is 5.24. The first kappa shape index (κ1) is 16.1. The maximum atomic E-state index is 12.1. The molecule has 0 radical (unpaired) electrons. The van der Waals surface area contributed by atoms with E-state index in [2.05, 4.69) is 5.32 Å². The molecule has 1 aliphatic heterocycles. The van der Waals surface area contributed by atoms with E-state index < -0.39 is 0 Å². The molecule has 116 valence electrons. The molecule has 1 amide bonds. The Balaban J connectivity index is 1.98. The number of carbonyl (C=O) groups excluding carboxylic acids is 1. The highest BCUT2D eigenvalue weighted by Gasteiger charge is 2.23. The molecule has 1 aliphatic rings. The second-order valence-corrected chi connectivity index (χ2v) is 5.83. The molecular weight excluding hydrogens is 292 g/mol. The second kappa shape index (κ2) is 7.11. The summed E-state index contributed by atoms with van der Waals surface area (Å²) in [5.41, 5.74) is 1.51. The van der Waals surface area contributed by atoms with Gasteiger partial charge in [0, 0.05) is 24.2 Å². The lowest BCUT2D eigenvalue weighted by atomic mass is 10.1. The third kappa shape index (κ3) is 4.09. The number of methoxy groups -OCH3 is 1. The van der Waals surface area contributed by atoms with Crippen LogP contribution in [0, 0.1) is 12.8 Å². The molecule has 1 atom stereocenters. The van der Waals surface area contributed by atoms with Crippen LogP contribution in [0.15, 0.2) is 12.1 Å². The summed E-state index contributed by atoms with van der Waals surface area (Å²) in [6, 6.07) is 3.50. The van der Waals surface area contributed by atoms with Gasteiger partial charge < -0.3 is 15.2 Å². The smallest absolute Gasteiger partial charge is 0.238 e. The molecule has 0 spiro atoms. The molecule has 0 saturated carbocycles. The first-order valence-electron chi connectivity index (χ1n) is 7.00. The largest absolute Gasteiger partial charge is 0.495 e. The third-order valence-corrected chi connectivity index (χ3v) is 4.16. The molecule has 1 unspecified atom stereocenters. The van der Waals surface area contributed by atoms with E-state index in [-0.39, 0.29) is 18.4 Å². The molecule has 6 heteroatoms. The van der Waals surface area contributed by atoms with E-state index in [1.807, 2.05) is 11.8 Å². The Morgan fingerprint density at radius 2 is 2.33 bits per heavy atom. The van der Waals surface area contributed by atoms with Crippen LogP contribution in [0.3, 0.4) is 0 Å². The molecule has 1 aromatic carbocycles. The van der Waals surface area contributed by atoms with Gasteiger partial charge in [0.2, 0.25) is 5.91 Å². The van der Waals surface area contributed by atoms with Crippen molar-refractivity contribution < 1.29 is 14.6 Å². The Morgan fingerprint density at radius 3 is 2.95 bits per heavy atom. The van der Waals surface area contributed by atoms with Crippen LogP contribution in [0.4, 0.5) is 5.69 Å². The molecule has 21 heavy (non-hydrogen) atoms. The first-order chi connectivity index (χ1) is 10.0. The molecule has 0 bridgehead atoms. The number of aliphatic hydroxyl groups is 1. The summed E-state index contributed by atoms with van der Waals surface area (Å²) in [7, 11) is 1.54. The van der Waals surface area contributed by atoms with Gasteiger partial charge in [0.25, 0.3) is 0 Å². The molecule has 2 N–H and O–H groups in total. The summed E-state index contributed by atoms with van der Waals surface area (Å²) in [6.07, 6.45) is 0.938. The van der Waals surface area contributed by atoms with Gasteiger partial charge in [-0.3, -0.25) is 9.69 Å². The van der Waals surface area contributed by atoms with Crippen molar-refractivity contribution in [1.29, 1.82) is 0 Å². The van der Waals surface area contributed by atoms with Crippen LogP contribution in [0.2, 0.25) is 5.02 Å². The van der Waals surface area contributed by atoms with E-state index in [0.29, 0.717) is 23.0 Å². The van der Waals surface area contributed by atoms with Gasteiger partial charge in [-0.1, -0.05) is 11.6 Å². The maximum absolute atomic E-state index is 12.1. The van der Waals surface area contributed by atoms with E-state index in [1.54, 1.807) is 19.2 Å². The summed E-state index contributed by atoms with van der Waals surface area (Å²) in [6.45, 7) is 3.99. The summed E-state index contributed by atoms with van der Waals surface area (Å²) in [5, 5.41) is 12.6. The lowest BCUT2D eigenvalue weighted by molar-refractivity contribution is -0.117. The number of halogens is 1. The number of nitrogens with zero attached hydrogens (tertiary/aromatic N) is 1. The SMILES string of the molecule is COc1cc(Cl)c(C)cc1NC(=O)CN1CCC(CO)C1. The van der Waals surface area contributed by atoms with Gasteiger partial charge in [-0.05, 0) is 37.4 Å². The van der Waals surface area contributed by atoms with Gasteiger partial charge in [0.1, 0.15) is 5.75 Å². The average Bonchev–Trinajstić information content (AvgIpc) is 2.90. The lowest BCUT2D eigenvalue weighted by Gasteiger charge is -2.17. The quantitative estimate of drug-likeness (QED) is 0.872. The van der Waals surface area contributed by atoms with Crippen molar-refractivity contribution in [3.05, 3.63) is 22.7 Å². The van der Waals surface area contributed by atoms with Crippen molar-refractivity contribution in [2.75, 3.05) is 38.7 Å². The number of nitrogens with one attached hydrogen (secondary N) is 1. The minimum atomic E-state index is -0.0892. The molecular formula is C15H21ClN2O3. The van der Waals surface area contributed by atoms with Crippen molar-refractivity contribution in [1.82, 2.24) is 4.90 Å². The van der Waals surface area contributed by atoms with Crippen molar-refractivity contribution in [2.45, 2.75) is 13.3 Å². The number of hydrogen-bond acceptors (Lipinski definition) is 4. The van der Waals surface area contributed by atoms with Crippen molar-refractivity contribution >= 4 is 23.2 Å². The first-order valence-corrected chi connectivity index (χ1v) is 7.38. The number of amides is 1. The van der Waals surface area contributed by atoms with Crippen molar-refractivity contribution in [2.24, 2.45) is 5.92 Å². The van der Waals surface area contributed by atoms with Crippen molar-refractivity contribution in [3.8, 4) is 5.75 Å². The number of aliphatic hydroxyl groups excluding tert-OH is 1. The van der Waals surface area contributed by atoms with Crippen LogP contribution in [0.5, 0.6) is 5.75 Å². The van der Waals surface area contributed by atoms with Gasteiger partial charge >= 0.3 is 0 Å². The number of aryl methyl sites for hydroxylation is 1. The molecule has 5 nitrogen and oxygen atoms in total. The zero-order valence-electron chi connectivity index (χ0n) is 12.4. The second-order valence-electron chi connectivity index (χ2n) is 5.42. The van der Waals surface area contributed by atoms with E-state index in [4.69, 9.17) is 21.4 Å². The normalized spacial score (nSPS) is 18.8. The fourth-order valence-electron chi connectivity index (χ4n) is 2.53. The Hall–Kier alpha value is -1.30. The molecule has 1 saturated heterocycles. The standard InChI is InChI=1S/C15H21ClN2O3/c1-10-5-13(14(21-2)6-12(10)16)17-15(20)8-18-4-3-11(7-18)9-19/h5-6,11,19H,3-4,7-9H2,1-2H3,(H,17,20). The molecule has 2 rings (SSSR count). The van der Waals surface area contributed by atoms with Crippen LogP contribution in [-0.2, 0) is 4.79 Å². The zero-order chi connectivity index (χ0) is 15.4. The predicted octanol–water partition coefficient (Wildman–Crippen LogP) is 1.91. The Bertz CT molecular complexity index is 522. The maximum Gasteiger partial charge on any atom is 0.238 e. The molecule has 0 aliphatic carbocycles. The summed E-state index contributed by atoms with van der Waals surface area (Å²) in [4.78, 5) is 14.2. The van der Waals surface area contributed by atoms with Gasteiger partial charge in [-0.15, -0.1) is 0 Å². The third-order valence-electron chi connectivity index (χ3n) is 3.75. The number of hydrogen-bond donors (Lipinski definition) is 2. The number of likely N-dealkylation sites (tertiary alicyclic amines) is 1. The van der Waals surface area contributed by atoms with E-state index in [9.17, 15) is 4.79 Å². The molecule has 1 aromatic rings. The highest BCUT2D eigenvalue weighted by molar-refractivity contribution is 6.31. The molecule has 1 heterocycles. The molecule has 1 fully saturated rings. The van der Waals surface area contributed by atoms with Crippen molar-refractivity contribution in [3.63, 3.8) is 0 Å². The van der Waals surface area contributed by atoms with Crippen LogP contribution in [-0.4, -0.2) is 49.3 Å². The number of ether oxygens (including phenoxy) is 1. The Morgan fingerprint density at radius 1 is 1.57 bits per heavy atom. The fourth-order valence-corrected chi connectivity index (χ4v) is 2.68. The number of carbonyl (C=O) groups is 1. The Labute approximate surface area is 129 Å². The summed E-state index contributed by atoms with van der Waals surface area (Å²) in [5.74, 6) is 0.743. The highest BCUT2D eigenvalue weighted by Crippen LogP contribution is 2.31.